The number of pyridine rings is 1. The van der Waals surface area contributed by atoms with Crippen molar-refractivity contribution in [1.82, 2.24) is 9.88 Å². The van der Waals surface area contributed by atoms with E-state index in [1.54, 1.807) is 18.2 Å². The van der Waals surface area contributed by atoms with Gasteiger partial charge in [0.25, 0.3) is 5.91 Å². The SMILES string of the molecule is C[C@@H]1CN(c2ccc(-c3ccc(C(=O)CCCCCCN)cc3F)cc2NC(=O)c2c[nH]c(=O)cc2C(F)(F)F)C[C@H](C)N1C. The van der Waals surface area contributed by atoms with Crippen molar-refractivity contribution in [3.63, 3.8) is 0 Å². The molecule has 1 fully saturated rings. The molecule has 45 heavy (non-hydrogen) atoms. The van der Waals surface area contributed by atoms with Gasteiger partial charge < -0.3 is 20.9 Å². The predicted molar refractivity (Wildman–Crippen MR) is 167 cm³/mol. The molecule has 242 valence electrons. The highest BCUT2D eigenvalue weighted by Crippen LogP contribution is 2.36. The van der Waals surface area contributed by atoms with Crippen LogP contribution in [-0.2, 0) is 6.18 Å². The van der Waals surface area contributed by atoms with Crippen molar-refractivity contribution in [3.05, 3.63) is 81.5 Å². The number of nitrogens with zero attached hydrogens (tertiary/aromatic N) is 2. The van der Waals surface area contributed by atoms with Crippen LogP contribution in [0.2, 0.25) is 0 Å². The van der Waals surface area contributed by atoms with E-state index in [0.29, 0.717) is 49.8 Å². The fourth-order valence-corrected chi connectivity index (χ4v) is 5.61. The number of anilines is 2. The van der Waals surface area contributed by atoms with Crippen LogP contribution in [0.3, 0.4) is 0 Å². The highest BCUT2D eigenvalue weighted by molar-refractivity contribution is 6.07. The topological polar surface area (TPSA) is 112 Å². The van der Waals surface area contributed by atoms with Gasteiger partial charge in [-0.1, -0.05) is 31.0 Å². The first-order valence-electron chi connectivity index (χ1n) is 15.1. The number of nitrogens with two attached hydrogens (primary N) is 1. The number of benzene rings is 2. The van der Waals surface area contributed by atoms with E-state index in [0.717, 1.165) is 25.5 Å². The summed E-state index contributed by atoms with van der Waals surface area (Å²) in [6.07, 6.45) is -0.558. The standard InChI is InChI=1S/C33H39F4N5O3/c1-20-18-42(19-21(2)41(20)3)29-12-10-22(24-11-9-23(14-27(24)34)30(43)8-6-4-5-7-13-38)15-28(29)40-32(45)25-17-39-31(44)16-26(25)33(35,36)37/h9-12,14-17,20-21H,4-8,13,18-19,38H2,1-3H3,(H,39,44)(H,40,45)/t20-,21+. The molecule has 1 aliphatic rings. The number of piperazine rings is 1. The van der Waals surface area contributed by atoms with Crippen molar-refractivity contribution in [3.8, 4) is 11.1 Å². The van der Waals surface area contributed by atoms with E-state index in [9.17, 15) is 27.6 Å². The quantitative estimate of drug-likeness (QED) is 0.135. The maximum atomic E-state index is 15.4. The fraction of sp³-hybridized carbons (Fsp3) is 0.424. The number of H-pyrrole nitrogens is 1. The maximum Gasteiger partial charge on any atom is 0.417 e. The van der Waals surface area contributed by atoms with Crippen molar-refractivity contribution >= 4 is 23.1 Å². The molecule has 2 heterocycles. The number of Topliss-reactive ketones (excluding diaryl/α,β-unsaturated/α-hetero) is 1. The summed E-state index contributed by atoms with van der Waals surface area (Å²) in [6.45, 7) is 5.84. The minimum atomic E-state index is -4.94. The summed E-state index contributed by atoms with van der Waals surface area (Å²) in [5.41, 5.74) is 3.89. The van der Waals surface area contributed by atoms with Gasteiger partial charge in [-0.3, -0.25) is 19.3 Å². The normalized spacial score (nSPS) is 17.4. The lowest BCUT2D eigenvalue weighted by molar-refractivity contribution is -0.138. The first kappa shape index (κ1) is 33.9. The molecule has 4 rings (SSSR count). The predicted octanol–water partition coefficient (Wildman–Crippen LogP) is 6.07. The molecule has 0 radical (unpaired) electrons. The highest BCUT2D eigenvalue weighted by Gasteiger charge is 2.36. The van der Waals surface area contributed by atoms with Gasteiger partial charge in [0.2, 0.25) is 5.56 Å². The van der Waals surface area contributed by atoms with Crippen molar-refractivity contribution in [1.29, 1.82) is 0 Å². The molecule has 2 aromatic carbocycles. The molecule has 1 aromatic heterocycles. The largest absolute Gasteiger partial charge is 0.417 e. The molecule has 4 N–H and O–H groups in total. The Hall–Kier alpha value is -4.03. The van der Waals surface area contributed by atoms with Gasteiger partial charge in [0, 0.05) is 55.0 Å². The van der Waals surface area contributed by atoms with Crippen LogP contribution in [0.1, 0.15) is 72.2 Å². The van der Waals surface area contributed by atoms with E-state index in [4.69, 9.17) is 5.73 Å². The molecular formula is C33H39F4N5O3. The number of alkyl halides is 3. The molecule has 8 nitrogen and oxygen atoms in total. The number of aromatic amines is 1. The number of halogens is 4. The molecule has 12 heteroatoms. The van der Waals surface area contributed by atoms with Crippen molar-refractivity contribution < 1.29 is 27.2 Å². The molecule has 1 amide bonds. The van der Waals surface area contributed by atoms with Gasteiger partial charge in [-0.15, -0.1) is 0 Å². The number of hydrogen-bond acceptors (Lipinski definition) is 6. The fourth-order valence-electron chi connectivity index (χ4n) is 5.61. The highest BCUT2D eigenvalue weighted by atomic mass is 19.4. The van der Waals surface area contributed by atoms with Crippen LogP contribution in [0.4, 0.5) is 28.9 Å². The van der Waals surface area contributed by atoms with Gasteiger partial charge in [0.1, 0.15) is 5.82 Å². The Morgan fingerprint density at radius 1 is 1.00 bits per heavy atom. The molecule has 0 spiro atoms. The summed E-state index contributed by atoms with van der Waals surface area (Å²) < 4.78 is 56.7. The number of carbonyl (C=O) groups is 2. The third-order valence-corrected chi connectivity index (χ3v) is 8.38. The zero-order valence-corrected chi connectivity index (χ0v) is 25.6. The van der Waals surface area contributed by atoms with Crippen LogP contribution in [-0.4, -0.2) is 60.3 Å². The van der Waals surface area contributed by atoms with Crippen molar-refractivity contribution in [2.45, 2.75) is 64.2 Å². The monoisotopic (exact) mass is 629 g/mol. The average Bonchev–Trinajstić information content (AvgIpc) is 2.98. The molecule has 0 unspecified atom stereocenters. The Labute approximate surface area is 259 Å². The van der Waals surface area contributed by atoms with Gasteiger partial charge in [-0.2, -0.15) is 13.2 Å². The van der Waals surface area contributed by atoms with Gasteiger partial charge in [-0.05, 0) is 64.0 Å². The number of amides is 1. The second-order valence-corrected chi connectivity index (χ2v) is 11.6. The van der Waals surface area contributed by atoms with Crippen molar-refractivity contribution in [2.75, 3.05) is 36.9 Å². The van der Waals surface area contributed by atoms with Crippen LogP contribution in [0.15, 0.2) is 53.5 Å². The molecular weight excluding hydrogens is 590 g/mol. The number of aromatic nitrogens is 1. The van der Waals surface area contributed by atoms with Crippen LogP contribution >= 0.6 is 0 Å². The Balaban J connectivity index is 1.68. The average molecular weight is 630 g/mol. The molecule has 2 atom stereocenters. The summed E-state index contributed by atoms with van der Waals surface area (Å²) in [7, 11) is 2.01. The number of ketones is 1. The minimum Gasteiger partial charge on any atom is -0.367 e. The second kappa shape index (κ2) is 14.4. The summed E-state index contributed by atoms with van der Waals surface area (Å²) in [5, 5.41) is 2.59. The van der Waals surface area contributed by atoms with Crippen LogP contribution in [0, 0.1) is 5.82 Å². The van der Waals surface area contributed by atoms with E-state index in [1.165, 1.54) is 18.2 Å². The van der Waals surface area contributed by atoms with Crippen LogP contribution < -0.4 is 21.5 Å². The Morgan fingerprint density at radius 2 is 1.69 bits per heavy atom. The van der Waals surface area contributed by atoms with E-state index in [2.05, 4.69) is 15.2 Å². The lowest BCUT2D eigenvalue weighted by Gasteiger charge is -2.44. The molecule has 1 aliphatic heterocycles. The van der Waals surface area contributed by atoms with Crippen LogP contribution in [0.25, 0.3) is 11.1 Å². The van der Waals surface area contributed by atoms with E-state index in [-0.39, 0.29) is 34.7 Å². The molecule has 0 saturated carbocycles. The number of nitrogens with one attached hydrogen (secondary N) is 2. The Kier molecular flexibility index (Phi) is 10.8. The summed E-state index contributed by atoms with van der Waals surface area (Å²) in [4.78, 5) is 44.0. The smallest absolute Gasteiger partial charge is 0.367 e. The molecule has 0 bridgehead atoms. The Bertz CT molecular complexity index is 1580. The number of unbranched alkanes of at least 4 members (excludes halogenated alkanes) is 3. The molecule has 0 aliphatic carbocycles. The van der Waals surface area contributed by atoms with Crippen molar-refractivity contribution in [2.24, 2.45) is 5.73 Å². The second-order valence-electron chi connectivity index (χ2n) is 11.6. The summed E-state index contributed by atoms with van der Waals surface area (Å²) >= 11 is 0. The third kappa shape index (κ3) is 8.17. The number of likely N-dealkylation sites (N-methyl/N-ethyl adjacent to an activating group) is 1. The lowest BCUT2D eigenvalue weighted by atomic mass is 9.98. The number of rotatable bonds is 11. The Morgan fingerprint density at radius 3 is 2.33 bits per heavy atom. The maximum absolute atomic E-state index is 15.4. The zero-order valence-electron chi connectivity index (χ0n) is 25.6. The van der Waals surface area contributed by atoms with E-state index in [1.807, 2.05) is 25.8 Å². The summed E-state index contributed by atoms with van der Waals surface area (Å²) in [6, 6.07) is 9.72. The third-order valence-electron chi connectivity index (χ3n) is 8.38. The van der Waals surface area contributed by atoms with E-state index >= 15 is 4.39 Å². The van der Waals surface area contributed by atoms with Gasteiger partial charge in [-0.25, -0.2) is 4.39 Å². The van der Waals surface area contributed by atoms with Gasteiger partial charge in [0.15, 0.2) is 5.78 Å². The first-order valence-corrected chi connectivity index (χ1v) is 15.1. The lowest BCUT2D eigenvalue weighted by Crippen LogP contribution is -2.55. The first-order chi connectivity index (χ1) is 21.3. The summed E-state index contributed by atoms with van der Waals surface area (Å²) in [5.74, 6) is -1.90. The molecule has 3 aromatic rings. The molecule has 1 saturated heterocycles. The van der Waals surface area contributed by atoms with E-state index < -0.39 is 34.6 Å². The minimum absolute atomic E-state index is 0.135. The number of carbonyl (C=O) groups excluding carboxylic acids is 2. The van der Waals surface area contributed by atoms with Crippen LogP contribution in [0.5, 0.6) is 0 Å². The van der Waals surface area contributed by atoms with Gasteiger partial charge in [0.05, 0.1) is 22.5 Å². The van der Waals surface area contributed by atoms with Gasteiger partial charge >= 0.3 is 6.18 Å². The zero-order chi connectivity index (χ0) is 32.9. The number of hydrogen-bond donors (Lipinski definition) is 3.